The normalized spacial score (nSPS) is 11.3. The molecule has 0 bridgehead atoms. The number of amides is 1. The third-order valence-electron chi connectivity index (χ3n) is 4.69. The number of hydrogen-bond donors (Lipinski definition) is 2. The number of likely N-dealkylation sites (N-methyl/N-ethyl adjacent to an activating group) is 1. The van der Waals surface area contributed by atoms with Gasteiger partial charge in [-0.1, -0.05) is 24.6 Å². The molecular weight excluding hydrogens is 433 g/mol. The van der Waals surface area contributed by atoms with Gasteiger partial charge < -0.3 is 20.3 Å². The van der Waals surface area contributed by atoms with Crippen LogP contribution in [-0.4, -0.2) is 48.0 Å². The van der Waals surface area contributed by atoms with Crippen molar-refractivity contribution >= 4 is 45.6 Å². The highest BCUT2D eigenvalue weighted by atomic mass is 35.5. The number of carbonyl (C=O) groups is 1. The fraction of sp³-hybridized carbons (Fsp3) is 0.261. The van der Waals surface area contributed by atoms with Crippen molar-refractivity contribution < 1.29 is 13.9 Å². The summed E-state index contributed by atoms with van der Waals surface area (Å²) in [6.45, 7) is 3.74. The van der Waals surface area contributed by atoms with Gasteiger partial charge in [-0.2, -0.15) is 0 Å². The lowest BCUT2D eigenvalue weighted by molar-refractivity contribution is -0.111. The van der Waals surface area contributed by atoms with E-state index in [4.69, 9.17) is 16.3 Å². The van der Waals surface area contributed by atoms with E-state index in [2.05, 4.69) is 32.4 Å². The van der Waals surface area contributed by atoms with E-state index in [1.807, 2.05) is 13.1 Å². The van der Waals surface area contributed by atoms with Crippen LogP contribution in [0.3, 0.4) is 0 Å². The second-order valence-electron chi connectivity index (χ2n) is 7.20. The molecule has 32 heavy (non-hydrogen) atoms. The van der Waals surface area contributed by atoms with E-state index < -0.39 is 5.82 Å². The highest BCUT2D eigenvalue weighted by Gasteiger charge is 2.13. The van der Waals surface area contributed by atoms with E-state index in [1.54, 1.807) is 18.2 Å². The quantitative estimate of drug-likeness (QED) is 0.440. The number of nitrogens with one attached hydrogen (secondary N) is 2. The van der Waals surface area contributed by atoms with Crippen molar-refractivity contribution in [3.8, 4) is 5.75 Å². The predicted molar refractivity (Wildman–Crippen MR) is 126 cm³/mol. The smallest absolute Gasteiger partial charge is 0.248 e. The number of benzene rings is 2. The first-order valence-corrected chi connectivity index (χ1v) is 10.5. The van der Waals surface area contributed by atoms with Gasteiger partial charge in [0, 0.05) is 29.8 Å². The lowest BCUT2D eigenvalue weighted by Crippen LogP contribution is -2.19. The van der Waals surface area contributed by atoms with Crippen LogP contribution in [0.5, 0.6) is 5.75 Å². The van der Waals surface area contributed by atoms with Gasteiger partial charge in [0.05, 0.1) is 23.3 Å². The number of methoxy groups -OCH3 is 1. The lowest BCUT2D eigenvalue weighted by Gasteiger charge is -2.14. The van der Waals surface area contributed by atoms with Crippen molar-refractivity contribution in [1.82, 2.24) is 14.9 Å². The van der Waals surface area contributed by atoms with Crippen LogP contribution >= 0.6 is 11.6 Å². The average molecular weight is 458 g/mol. The number of hydrogen-bond acceptors (Lipinski definition) is 6. The molecule has 0 fully saturated rings. The van der Waals surface area contributed by atoms with E-state index in [9.17, 15) is 9.18 Å². The molecule has 2 N–H and O–H groups in total. The Morgan fingerprint density at radius 2 is 2.09 bits per heavy atom. The zero-order valence-electron chi connectivity index (χ0n) is 18.2. The van der Waals surface area contributed by atoms with Gasteiger partial charge in [-0.3, -0.25) is 4.79 Å². The standard InChI is InChI=1S/C23H25ClFN5O2/c1-4-9-30(2)10-5-6-22(31)29-20-12-16-19(13-21(20)32-3)26-14-27-23(16)28-15-7-8-18(25)17(24)11-15/h5-8,11-14H,4,9-10H2,1-3H3,(H,29,31)(H,26,27,28)/b6-5+. The van der Waals surface area contributed by atoms with Crippen LogP contribution in [0.4, 0.5) is 21.6 Å². The van der Waals surface area contributed by atoms with Gasteiger partial charge in [-0.25, -0.2) is 14.4 Å². The number of aromatic nitrogens is 2. The SMILES string of the molecule is CCCN(C)C/C=C/C(=O)Nc1cc2c(Nc3ccc(F)c(Cl)c3)ncnc2cc1OC. The maximum Gasteiger partial charge on any atom is 0.248 e. The number of nitrogens with zero attached hydrogens (tertiary/aromatic N) is 3. The lowest BCUT2D eigenvalue weighted by atomic mass is 10.1. The molecule has 168 valence electrons. The molecule has 0 atom stereocenters. The largest absolute Gasteiger partial charge is 0.494 e. The molecule has 1 heterocycles. The zero-order chi connectivity index (χ0) is 23.1. The van der Waals surface area contributed by atoms with E-state index in [0.29, 0.717) is 40.4 Å². The monoisotopic (exact) mass is 457 g/mol. The van der Waals surface area contributed by atoms with Crippen molar-refractivity contribution in [2.75, 3.05) is 37.9 Å². The van der Waals surface area contributed by atoms with Crippen molar-refractivity contribution in [2.45, 2.75) is 13.3 Å². The van der Waals surface area contributed by atoms with Crippen molar-refractivity contribution in [3.05, 3.63) is 59.7 Å². The van der Waals surface area contributed by atoms with Crippen molar-refractivity contribution in [3.63, 3.8) is 0 Å². The van der Waals surface area contributed by atoms with Crippen LogP contribution in [-0.2, 0) is 4.79 Å². The molecule has 0 spiro atoms. The zero-order valence-corrected chi connectivity index (χ0v) is 18.9. The molecule has 1 aromatic heterocycles. The summed E-state index contributed by atoms with van der Waals surface area (Å²) in [7, 11) is 3.52. The summed E-state index contributed by atoms with van der Waals surface area (Å²) in [6.07, 6.45) is 5.76. The van der Waals surface area contributed by atoms with Crippen LogP contribution in [0.25, 0.3) is 10.9 Å². The number of rotatable bonds is 9. The summed E-state index contributed by atoms with van der Waals surface area (Å²) in [5, 5.41) is 6.61. The van der Waals surface area contributed by atoms with Gasteiger partial charge in [0.15, 0.2) is 0 Å². The minimum absolute atomic E-state index is 0.000600. The molecule has 0 aliphatic heterocycles. The maximum absolute atomic E-state index is 13.5. The molecule has 0 unspecified atom stereocenters. The van der Waals surface area contributed by atoms with Crippen LogP contribution in [0, 0.1) is 5.82 Å². The topological polar surface area (TPSA) is 79.4 Å². The molecule has 2 aromatic carbocycles. The van der Waals surface area contributed by atoms with E-state index in [1.165, 1.54) is 31.6 Å². The van der Waals surface area contributed by atoms with Gasteiger partial charge in [-0.05, 0) is 44.3 Å². The molecule has 0 saturated carbocycles. The number of anilines is 3. The second-order valence-corrected chi connectivity index (χ2v) is 7.61. The van der Waals surface area contributed by atoms with Gasteiger partial charge in [0.1, 0.15) is 23.7 Å². The molecule has 0 saturated heterocycles. The Kier molecular flexibility index (Phi) is 7.97. The van der Waals surface area contributed by atoms with E-state index >= 15 is 0 Å². The molecular formula is C23H25ClFN5O2. The van der Waals surface area contributed by atoms with Gasteiger partial charge in [0.2, 0.25) is 5.91 Å². The summed E-state index contributed by atoms with van der Waals surface area (Å²) in [5.74, 6) is 0.169. The fourth-order valence-corrected chi connectivity index (χ4v) is 3.33. The molecule has 0 radical (unpaired) electrons. The summed E-state index contributed by atoms with van der Waals surface area (Å²) in [4.78, 5) is 23.1. The highest BCUT2D eigenvalue weighted by molar-refractivity contribution is 6.31. The minimum atomic E-state index is -0.506. The highest BCUT2D eigenvalue weighted by Crippen LogP contribution is 2.33. The second kappa shape index (κ2) is 10.9. The Morgan fingerprint density at radius 3 is 2.81 bits per heavy atom. The van der Waals surface area contributed by atoms with Crippen LogP contribution in [0.1, 0.15) is 13.3 Å². The first kappa shape index (κ1) is 23.4. The Morgan fingerprint density at radius 1 is 1.28 bits per heavy atom. The molecule has 3 rings (SSSR count). The van der Waals surface area contributed by atoms with E-state index in [0.717, 1.165) is 13.0 Å². The fourth-order valence-electron chi connectivity index (χ4n) is 3.15. The first-order chi connectivity index (χ1) is 15.4. The van der Waals surface area contributed by atoms with Crippen LogP contribution in [0.2, 0.25) is 5.02 Å². The molecule has 3 aromatic rings. The number of ether oxygens (including phenoxy) is 1. The molecule has 9 heteroatoms. The van der Waals surface area contributed by atoms with Crippen LogP contribution in [0.15, 0.2) is 48.8 Å². The molecule has 1 amide bonds. The van der Waals surface area contributed by atoms with Crippen molar-refractivity contribution in [2.24, 2.45) is 0 Å². The third-order valence-corrected chi connectivity index (χ3v) is 4.98. The molecule has 7 nitrogen and oxygen atoms in total. The Bertz CT molecular complexity index is 1140. The first-order valence-electron chi connectivity index (χ1n) is 10.1. The third kappa shape index (κ3) is 5.93. The van der Waals surface area contributed by atoms with E-state index in [-0.39, 0.29) is 10.9 Å². The Labute approximate surface area is 191 Å². The minimum Gasteiger partial charge on any atom is -0.494 e. The van der Waals surface area contributed by atoms with Gasteiger partial charge >= 0.3 is 0 Å². The summed E-state index contributed by atoms with van der Waals surface area (Å²) in [5.41, 5.74) is 1.66. The van der Waals surface area contributed by atoms with Gasteiger partial charge in [-0.15, -0.1) is 0 Å². The maximum atomic E-state index is 13.5. The van der Waals surface area contributed by atoms with Crippen molar-refractivity contribution in [1.29, 1.82) is 0 Å². The average Bonchev–Trinajstić information content (AvgIpc) is 2.76. The Hall–Kier alpha value is -3.23. The molecule has 0 aliphatic rings. The summed E-state index contributed by atoms with van der Waals surface area (Å²) >= 11 is 5.88. The number of carbonyl (C=O) groups excluding carboxylic acids is 1. The van der Waals surface area contributed by atoms with Gasteiger partial charge in [0.25, 0.3) is 0 Å². The summed E-state index contributed by atoms with van der Waals surface area (Å²) < 4.78 is 18.9. The van der Waals surface area contributed by atoms with Crippen LogP contribution < -0.4 is 15.4 Å². The predicted octanol–water partition coefficient (Wildman–Crippen LogP) is 5.01. The number of fused-ring (bicyclic) bond motifs is 1. The Balaban J connectivity index is 1.86. The molecule has 0 aliphatic carbocycles. The summed E-state index contributed by atoms with van der Waals surface area (Å²) in [6, 6.07) is 7.75. The number of halogens is 2.